The van der Waals surface area contributed by atoms with Crippen molar-refractivity contribution in [1.29, 1.82) is 0 Å². The Hall–Kier alpha value is -1.55. The van der Waals surface area contributed by atoms with E-state index < -0.39 is 0 Å². The second-order valence-electron chi connectivity index (χ2n) is 6.33. The van der Waals surface area contributed by atoms with E-state index in [1.54, 1.807) is 0 Å². The molecule has 1 saturated heterocycles. The molecule has 2 fully saturated rings. The van der Waals surface area contributed by atoms with Crippen molar-refractivity contribution < 1.29 is 9.90 Å². The van der Waals surface area contributed by atoms with E-state index in [4.69, 9.17) is 0 Å². The molecule has 4 rings (SSSR count). The normalized spacial score (nSPS) is 31.1. The fourth-order valence-corrected chi connectivity index (χ4v) is 4.02. The Bertz CT molecular complexity index is 557. The highest BCUT2D eigenvalue weighted by Gasteiger charge is 2.43. The molecule has 20 heavy (non-hydrogen) atoms. The lowest BCUT2D eigenvalue weighted by Gasteiger charge is -2.19. The molecule has 1 amide bonds. The second-order valence-corrected chi connectivity index (χ2v) is 6.33. The molecule has 3 unspecified atom stereocenters. The first-order chi connectivity index (χ1) is 9.72. The summed E-state index contributed by atoms with van der Waals surface area (Å²) < 4.78 is 0. The maximum Gasteiger partial charge on any atom is 0.253 e. The highest BCUT2D eigenvalue weighted by molar-refractivity contribution is 5.95. The van der Waals surface area contributed by atoms with Gasteiger partial charge in [-0.25, -0.2) is 0 Å². The predicted molar refractivity (Wildman–Crippen MR) is 76.8 cm³/mol. The van der Waals surface area contributed by atoms with Gasteiger partial charge in [-0.2, -0.15) is 0 Å². The minimum absolute atomic E-state index is 0.126. The number of carbonyl (C=O) groups excluding carboxylic acids is 1. The van der Waals surface area contributed by atoms with Crippen LogP contribution in [-0.2, 0) is 6.42 Å². The van der Waals surface area contributed by atoms with E-state index in [1.165, 1.54) is 5.56 Å². The topological polar surface area (TPSA) is 52.6 Å². The molecule has 4 nitrogen and oxygen atoms in total. The van der Waals surface area contributed by atoms with E-state index in [2.05, 4.69) is 5.32 Å². The van der Waals surface area contributed by atoms with E-state index in [0.29, 0.717) is 11.8 Å². The summed E-state index contributed by atoms with van der Waals surface area (Å²) in [7, 11) is 0. The van der Waals surface area contributed by atoms with Crippen LogP contribution in [0.5, 0.6) is 0 Å². The quantitative estimate of drug-likeness (QED) is 0.814. The summed E-state index contributed by atoms with van der Waals surface area (Å²) in [5, 5.41) is 13.3. The van der Waals surface area contributed by atoms with Crippen LogP contribution in [0.15, 0.2) is 18.2 Å². The Balaban J connectivity index is 1.53. The van der Waals surface area contributed by atoms with E-state index >= 15 is 0 Å². The first-order valence-corrected chi connectivity index (χ1v) is 7.56. The monoisotopic (exact) mass is 272 g/mol. The molecule has 3 aliphatic rings. The summed E-state index contributed by atoms with van der Waals surface area (Å²) in [6.07, 6.45) is 2.76. The fraction of sp³-hybridized carbons (Fsp3) is 0.562. The first-order valence-electron chi connectivity index (χ1n) is 7.56. The van der Waals surface area contributed by atoms with Crippen molar-refractivity contribution in [2.75, 3.05) is 25.0 Å². The largest absolute Gasteiger partial charge is 0.393 e. The molecule has 0 bridgehead atoms. The number of benzene rings is 1. The number of aliphatic hydroxyl groups is 1. The second kappa shape index (κ2) is 4.48. The van der Waals surface area contributed by atoms with Crippen molar-refractivity contribution >= 4 is 11.6 Å². The SMILES string of the molecule is O=C(c1ccc2c(c1)CCN2)N1CC2CCC(O)C2C1. The van der Waals surface area contributed by atoms with Crippen molar-refractivity contribution in [2.45, 2.75) is 25.4 Å². The van der Waals surface area contributed by atoms with E-state index in [9.17, 15) is 9.90 Å². The van der Waals surface area contributed by atoms with Crippen LogP contribution < -0.4 is 5.32 Å². The molecular weight excluding hydrogens is 252 g/mol. The fourth-order valence-electron chi connectivity index (χ4n) is 4.02. The van der Waals surface area contributed by atoms with Gasteiger partial charge in [0.1, 0.15) is 0 Å². The maximum atomic E-state index is 12.6. The number of likely N-dealkylation sites (tertiary alicyclic amines) is 1. The number of anilines is 1. The zero-order chi connectivity index (χ0) is 13.7. The molecule has 1 aromatic carbocycles. The summed E-state index contributed by atoms with van der Waals surface area (Å²) in [5.74, 6) is 0.932. The van der Waals surface area contributed by atoms with Gasteiger partial charge in [-0.3, -0.25) is 4.79 Å². The summed E-state index contributed by atoms with van der Waals surface area (Å²) in [5.41, 5.74) is 3.20. The van der Waals surface area contributed by atoms with Gasteiger partial charge in [-0.05, 0) is 48.9 Å². The van der Waals surface area contributed by atoms with Crippen LogP contribution in [0.4, 0.5) is 5.69 Å². The van der Waals surface area contributed by atoms with Gasteiger partial charge in [-0.1, -0.05) is 0 Å². The first kappa shape index (κ1) is 12.2. The van der Waals surface area contributed by atoms with Gasteiger partial charge < -0.3 is 15.3 Å². The van der Waals surface area contributed by atoms with Crippen LogP contribution in [0.3, 0.4) is 0 Å². The van der Waals surface area contributed by atoms with Crippen LogP contribution in [0.2, 0.25) is 0 Å². The highest BCUT2D eigenvalue weighted by atomic mass is 16.3. The van der Waals surface area contributed by atoms with Crippen molar-refractivity contribution in [3.63, 3.8) is 0 Å². The third-order valence-corrected chi connectivity index (χ3v) is 5.17. The number of hydrogen-bond acceptors (Lipinski definition) is 3. The lowest BCUT2D eigenvalue weighted by molar-refractivity contribution is 0.0752. The Morgan fingerprint density at radius 3 is 3.05 bits per heavy atom. The summed E-state index contributed by atoms with van der Waals surface area (Å²) in [4.78, 5) is 14.5. The maximum absolute atomic E-state index is 12.6. The number of aliphatic hydroxyl groups excluding tert-OH is 1. The number of nitrogens with zero attached hydrogens (tertiary/aromatic N) is 1. The smallest absolute Gasteiger partial charge is 0.253 e. The molecule has 2 N–H and O–H groups in total. The van der Waals surface area contributed by atoms with Crippen LogP contribution in [0.1, 0.15) is 28.8 Å². The Morgan fingerprint density at radius 1 is 1.30 bits per heavy atom. The third kappa shape index (κ3) is 1.82. The summed E-state index contributed by atoms with van der Waals surface area (Å²) >= 11 is 0. The van der Waals surface area contributed by atoms with Crippen molar-refractivity contribution in [3.05, 3.63) is 29.3 Å². The average molecular weight is 272 g/mol. The summed E-state index contributed by atoms with van der Waals surface area (Å²) in [6.45, 7) is 2.50. The minimum Gasteiger partial charge on any atom is -0.393 e. The van der Waals surface area contributed by atoms with Gasteiger partial charge >= 0.3 is 0 Å². The molecule has 3 atom stereocenters. The average Bonchev–Trinajstić information content (AvgIpc) is 3.14. The number of hydrogen-bond donors (Lipinski definition) is 2. The van der Waals surface area contributed by atoms with E-state index in [0.717, 1.165) is 50.1 Å². The molecule has 2 heterocycles. The van der Waals surface area contributed by atoms with Crippen molar-refractivity contribution in [3.8, 4) is 0 Å². The summed E-state index contributed by atoms with van der Waals surface area (Å²) in [6, 6.07) is 5.97. The van der Waals surface area contributed by atoms with Crippen molar-refractivity contribution in [1.82, 2.24) is 4.90 Å². The lowest BCUT2D eigenvalue weighted by Crippen LogP contribution is -2.31. The minimum atomic E-state index is -0.206. The molecular formula is C16H20N2O2. The molecule has 1 saturated carbocycles. The van der Waals surface area contributed by atoms with E-state index in [-0.39, 0.29) is 12.0 Å². The van der Waals surface area contributed by atoms with Gasteiger partial charge in [0.2, 0.25) is 0 Å². The number of amides is 1. The Kier molecular flexibility index (Phi) is 2.74. The molecule has 106 valence electrons. The third-order valence-electron chi connectivity index (χ3n) is 5.17. The van der Waals surface area contributed by atoms with Gasteiger partial charge in [0, 0.05) is 36.8 Å². The van der Waals surface area contributed by atoms with Gasteiger partial charge in [-0.15, -0.1) is 0 Å². The van der Waals surface area contributed by atoms with Crippen LogP contribution >= 0.6 is 0 Å². The number of nitrogens with one attached hydrogen (secondary N) is 1. The van der Waals surface area contributed by atoms with Crippen LogP contribution in [0.25, 0.3) is 0 Å². The van der Waals surface area contributed by atoms with Gasteiger partial charge in [0.05, 0.1) is 6.10 Å². The molecule has 4 heteroatoms. The van der Waals surface area contributed by atoms with Gasteiger partial charge in [0.25, 0.3) is 5.91 Å². The molecule has 0 aromatic heterocycles. The number of rotatable bonds is 1. The van der Waals surface area contributed by atoms with Gasteiger partial charge in [0.15, 0.2) is 0 Å². The Morgan fingerprint density at radius 2 is 2.20 bits per heavy atom. The van der Waals surface area contributed by atoms with E-state index in [1.807, 2.05) is 23.1 Å². The lowest BCUT2D eigenvalue weighted by atomic mass is 10.00. The zero-order valence-corrected chi connectivity index (χ0v) is 11.5. The standard InChI is InChI=1S/C16H20N2O2/c19-15-4-2-12-8-18(9-13(12)15)16(20)11-1-3-14-10(7-11)5-6-17-14/h1,3,7,12-13,15,17,19H,2,4-6,8-9H2. The molecule has 0 spiro atoms. The van der Waals surface area contributed by atoms with Crippen molar-refractivity contribution in [2.24, 2.45) is 11.8 Å². The number of carbonyl (C=O) groups is 1. The highest BCUT2D eigenvalue weighted by Crippen LogP contribution is 2.38. The Labute approximate surface area is 118 Å². The zero-order valence-electron chi connectivity index (χ0n) is 11.5. The van der Waals surface area contributed by atoms with Crippen LogP contribution in [-0.4, -0.2) is 41.7 Å². The molecule has 1 aliphatic carbocycles. The molecule has 2 aliphatic heterocycles. The number of fused-ring (bicyclic) bond motifs is 2. The molecule has 0 radical (unpaired) electrons. The predicted octanol–water partition coefficient (Wildman–Crippen LogP) is 1.50. The molecule has 1 aromatic rings. The van der Waals surface area contributed by atoms with Crippen LogP contribution in [0, 0.1) is 11.8 Å².